The van der Waals surface area contributed by atoms with Crippen LogP contribution in [0.2, 0.25) is 0 Å². The van der Waals surface area contributed by atoms with Crippen LogP contribution in [0, 0.1) is 0 Å². The van der Waals surface area contributed by atoms with Gasteiger partial charge in [-0.15, -0.1) is 0 Å². The average Bonchev–Trinajstić information content (AvgIpc) is 2.89. The Morgan fingerprint density at radius 3 is 0.919 bits per heavy atom. The maximum absolute atomic E-state index is 5.66. The fourth-order valence-corrected chi connectivity index (χ4v) is 3.77. The third kappa shape index (κ3) is 35.7. The van der Waals surface area contributed by atoms with Gasteiger partial charge in [0.15, 0.2) is 0 Å². The maximum atomic E-state index is 5.66. The summed E-state index contributed by atoms with van der Waals surface area (Å²) < 4.78 is 38.4. The molecule has 37 heavy (non-hydrogen) atoms. The second-order valence-corrected chi connectivity index (χ2v) is 9.84. The SMILES string of the molecule is CCCCCCCCCCCCCCCOCCOCCOCCOCCOCCOCCOC(C)C. The van der Waals surface area contributed by atoms with Crippen LogP contribution >= 0.6 is 0 Å². The van der Waals surface area contributed by atoms with Gasteiger partial charge in [0.2, 0.25) is 0 Å². The first kappa shape index (κ1) is 36.7. The van der Waals surface area contributed by atoms with Crippen molar-refractivity contribution in [3.8, 4) is 0 Å². The van der Waals surface area contributed by atoms with Crippen molar-refractivity contribution in [2.24, 2.45) is 0 Å². The largest absolute Gasteiger partial charge is 0.379 e. The van der Waals surface area contributed by atoms with Gasteiger partial charge < -0.3 is 33.2 Å². The topological polar surface area (TPSA) is 64.6 Å². The minimum Gasteiger partial charge on any atom is -0.379 e. The van der Waals surface area contributed by atoms with Crippen LogP contribution in [-0.2, 0) is 33.2 Å². The molecule has 0 heterocycles. The number of hydrogen-bond donors (Lipinski definition) is 0. The molecule has 0 rings (SSSR count). The lowest BCUT2D eigenvalue weighted by Gasteiger charge is -2.09. The molecule has 0 saturated carbocycles. The Morgan fingerprint density at radius 2 is 0.595 bits per heavy atom. The normalized spacial score (nSPS) is 11.7. The lowest BCUT2D eigenvalue weighted by Crippen LogP contribution is -2.15. The van der Waals surface area contributed by atoms with Crippen molar-refractivity contribution in [3.63, 3.8) is 0 Å². The average molecular weight is 535 g/mol. The standard InChI is InChI=1S/C30H62O7/c1-4-5-6-7-8-9-10-11-12-13-14-15-16-17-31-18-19-32-20-21-33-22-23-34-24-25-35-26-27-36-28-29-37-30(2)3/h30H,4-29H2,1-3H3. The number of ether oxygens (including phenoxy) is 7. The van der Waals surface area contributed by atoms with Gasteiger partial charge in [0.25, 0.3) is 0 Å². The van der Waals surface area contributed by atoms with Gasteiger partial charge in [-0.1, -0.05) is 84.0 Å². The van der Waals surface area contributed by atoms with Crippen molar-refractivity contribution in [1.29, 1.82) is 0 Å². The first-order valence-corrected chi connectivity index (χ1v) is 15.4. The van der Waals surface area contributed by atoms with E-state index in [1.807, 2.05) is 13.8 Å². The second-order valence-electron chi connectivity index (χ2n) is 9.84. The van der Waals surface area contributed by atoms with Gasteiger partial charge in [0.05, 0.1) is 85.4 Å². The molecule has 0 radical (unpaired) electrons. The van der Waals surface area contributed by atoms with E-state index in [9.17, 15) is 0 Å². The molecule has 0 unspecified atom stereocenters. The highest BCUT2D eigenvalue weighted by atomic mass is 16.6. The Kier molecular flexibility index (Phi) is 33.5. The summed E-state index contributed by atoms with van der Waals surface area (Å²) in [4.78, 5) is 0. The summed E-state index contributed by atoms with van der Waals surface area (Å²) in [5.74, 6) is 0. The lowest BCUT2D eigenvalue weighted by atomic mass is 10.0. The van der Waals surface area contributed by atoms with E-state index in [4.69, 9.17) is 33.2 Å². The van der Waals surface area contributed by atoms with Crippen LogP contribution in [0.15, 0.2) is 0 Å². The minimum atomic E-state index is 0.247. The summed E-state index contributed by atoms with van der Waals surface area (Å²) >= 11 is 0. The predicted molar refractivity (Wildman–Crippen MR) is 152 cm³/mol. The zero-order valence-corrected chi connectivity index (χ0v) is 24.8. The van der Waals surface area contributed by atoms with Crippen LogP contribution in [0.4, 0.5) is 0 Å². The second kappa shape index (κ2) is 33.7. The molecule has 0 amide bonds. The van der Waals surface area contributed by atoms with E-state index in [2.05, 4.69) is 6.92 Å². The van der Waals surface area contributed by atoms with Gasteiger partial charge in [-0.25, -0.2) is 0 Å². The minimum absolute atomic E-state index is 0.247. The Balaban J connectivity index is 3.01. The van der Waals surface area contributed by atoms with Crippen molar-refractivity contribution in [2.45, 2.75) is 110 Å². The number of rotatable bonds is 33. The molecule has 0 aromatic heterocycles. The van der Waals surface area contributed by atoms with Gasteiger partial charge in [-0.05, 0) is 20.3 Å². The molecule has 0 saturated heterocycles. The van der Waals surface area contributed by atoms with Gasteiger partial charge in [-0.2, -0.15) is 0 Å². The lowest BCUT2D eigenvalue weighted by molar-refractivity contribution is -0.0238. The third-order valence-corrected chi connectivity index (χ3v) is 5.93. The Hall–Kier alpha value is -0.280. The molecule has 0 atom stereocenters. The summed E-state index contributed by atoms with van der Waals surface area (Å²) in [5, 5.41) is 0. The van der Waals surface area contributed by atoms with Crippen LogP contribution in [0.1, 0.15) is 104 Å². The zero-order valence-electron chi connectivity index (χ0n) is 24.8. The maximum Gasteiger partial charge on any atom is 0.0703 e. The number of unbranched alkanes of at least 4 members (excludes halogenated alkanes) is 12. The molecule has 0 aromatic rings. The van der Waals surface area contributed by atoms with Gasteiger partial charge in [-0.3, -0.25) is 0 Å². The van der Waals surface area contributed by atoms with Crippen LogP contribution < -0.4 is 0 Å². The van der Waals surface area contributed by atoms with Gasteiger partial charge in [0, 0.05) is 6.61 Å². The summed E-state index contributed by atoms with van der Waals surface area (Å²) in [6.07, 6.45) is 18.1. The van der Waals surface area contributed by atoms with E-state index < -0.39 is 0 Å². The van der Waals surface area contributed by atoms with E-state index in [-0.39, 0.29) is 6.10 Å². The molecular weight excluding hydrogens is 472 g/mol. The molecule has 0 aliphatic rings. The molecule has 0 spiro atoms. The molecule has 0 aliphatic carbocycles. The van der Waals surface area contributed by atoms with Crippen molar-refractivity contribution in [3.05, 3.63) is 0 Å². The molecule has 7 nitrogen and oxygen atoms in total. The summed E-state index contributed by atoms with van der Waals surface area (Å²) in [6.45, 7) is 14.3. The molecule has 7 heteroatoms. The fraction of sp³-hybridized carbons (Fsp3) is 1.00. The zero-order chi connectivity index (χ0) is 26.9. The van der Waals surface area contributed by atoms with Gasteiger partial charge in [0.1, 0.15) is 0 Å². The Bertz CT molecular complexity index is 396. The van der Waals surface area contributed by atoms with E-state index in [0.717, 1.165) is 13.0 Å². The van der Waals surface area contributed by atoms with Gasteiger partial charge >= 0.3 is 0 Å². The molecule has 0 fully saturated rings. The van der Waals surface area contributed by atoms with E-state index >= 15 is 0 Å². The van der Waals surface area contributed by atoms with Crippen LogP contribution in [-0.4, -0.2) is 92.0 Å². The van der Waals surface area contributed by atoms with Crippen molar-refractivity contribution in [2.75, 3.05) is 85.9 Å². The fourth-order valence-electron chi connectivity index (χ4n) is 3.77. The van der Waals surface area contributed by atoms with Crippen LogP contribution in [0.25, 0.3) is 0 Å². The van der Waals surface area contributed by atoms with E-state index in [0.29, 0.717) is 79.3 Å². The summed E-state index contributed by atoms with van der Waals surface area (Å²) in [7, 11) is 0. The predicted octanol–water partition coefficient (Wildman–Crippen LogP) is 6.60. The molecule has 224 valence electrons. The third-order valence-electron chi connectivity index (χ3n) is 5.93. The van der Waals surface area contributed by atoms with Crippen molar-refractivity contribution in [1.82, 2.24) is 0 Å². The molecule has 0 aromatic carbocycles. The van der Waals surface area contributed by atoms with E-state index in [1.54, 1.807) is 0 Å². The highest BCUT2D eigenvalue weighted by molar-refractivity contribution is 4.49. The Labute approximate surface area is 229 Å². The molecule has 0 aliphatic heterocycles. The molecular formula is C30H62O7. The highest BCUT2D eigenvalue weighted by Gasteiger charge is 1.97. The Morgan fingerprint density at radius 1 is 0.324 bits per heavy atom. The van der Waals surface area contributed by atoms with E-state index in [1.165, 1.54) is 77.0 Å². The first-order valence-electron chi connectivity index (χ1n) is 15.4. The van der Waals surface area contributed by atoms with Crippen molar-refractivity contribution >= 4 is 0 Å². The highest BCUT2D eigenvalue weighted by Crippen LogP contribution is 2.12. The monoisotopic (exact) mass is 534 g/mol. The quantitative estimate of drug-likeness (QED) is 0.0879. The molecule has 0 N–H and O–H groups in total. The molecule has 0 bridgehead atoms. The smallest absolute Gasteiger partial charge is 0.0703 e. The first-order chi connectivity index (χ1) is 18.3. The number of hydrogen-bond acceptors (Lipinski definition) is 7. The van der Waals surface area contributed by atoms with Crippen molar-refractivity contribution < 1.29 is 33.2 Å². The summed E-state index contributed by atoms with van der Waals surface area (Å²) in [6, 6.07) is 0. The van der Waals surface area contributed by atoms with Crippen LogP contribution in [0.5, 0.6) is 0 Å². The summed E-state index contributed by atoms with van der Waals surface area (Å²) in [5.41, 5.74) is 0. The van der Waals surface area contributed by atoms with Crippen LogP contribution in [0.3, 0.4) is 0 Å².